The van der Waals surface area contributed by atoms with Crippen molar-refractivity contribution in [2.24, 2.45) is 7.05 Å². The van der Waals surface area contributed by atoms with E-state index in [1.807, 2.05) is 0 Å². The van der Waals surface area contributed by atoms with Crippen LogP contribution in [0.5, 0.6) is 0 Å². The van der Waals surface area contributed by atoms with Crippen LogP contribution in [-0.2, 0) is 18.4 Å². The van der Waals surface area contributed by atoms with Gasteiger partial charge in [-0.1, -0.05) is 17.7 Å². The molecule has 8 heteroatoms. The number of rotatable bonds is 2. The van der Waals surface area contributed by atoms with Crippen LogP contribution < -0.4 is 10.9 Å². The van der Waals surface area contributed by atoms with E-state index in [-0.39, 0.29) is 22.8 Å². The molecule has 3 rings (SSSR count). The van der Waals surface area contributed by atoms with Gasteiger partial charge >= 0.3 is 0 Å². The Morgan fingerprint density at radius 1 is 1.44 bits per heavy atom. The summed E-state index contributed by atoms with van der Waals surface area (Å²) >= 11 is 6.13. The zero-order valence-electron chi connectivity index (χ0n) is 13.9. The maximum Gasteiger partial charge on any atom is 0.287 e. The van der Waals surface area contributed by atoms with E-state index in [2.05, 4.69) is 10.4 Å². The van der Waals surface area contributed by atoms with Crippen molar-refractivity contribution in [1.29, 1.82) is 0 Å². The van der Waals surface area contributed by atoms with E-state index in [1.54, 1.807) is 11.0 Å². The Bertz CT molecular complexity index is 883. The third-order valence-corrected chi connectivity index (χ3v) is 4.75. The second-order valence-electron chi connectivity index (χ2n) is 6.07. The molecule has 1 N–H and O–H groups in total. The van der Waals surface area contributed by atoms with Crippen molar-refractivity contribution < 1.29 is 9.18 Å². The summed E-state index contributed by atoms with van der Waals surface area (Å²) < 4.78 is 14.8. The first kappa shape index (κ1) is 17.4. The quantitative estimate of drug-likeness (QED) is 0.889. The minimum Gasteiger partial charge on any atom is -0.375 e. The van der Waals surface area contributed by atoms with Crippen LogP contribution in [0.4, 0.5) is 10.1 Å². The number of carbonyl (C=O) groups is 1. The monoisotopic (exact) mass is 364 g/mol. The molecule has 1 aliphatic rings. The fraction of sp³-hybridized carbons (Fsp3) is 0.353. The third kappa shape index (κ3) is 3.51. The van der Waals surface area contributed by atoms with E-state index < -0.39 is 5.56 Å². The van der Waals surface area contributed by atoms with Gasteiger partial charge in [-0.05, 0) is 29.7 Å². The fourth-order valence-corrected chi connectivity index (χ4v) is 3.22. The molecule has 25 heavy (non-hydrogen) atoms. The highest BCUT2D eigenvalue weighted by Gasteiger charge is 2.25. The van der Waals surface area contributed by atoms with E-state index in [9.17, 15) is 14.0 Å². The summed E-state index contributed by atoms with van der Waals surface area (Å²) in [6.07, 6.45) is 2.09. The van der Waals surface area contributed by atoms with Gasteiger partial charge in [0.1, 0.15) is 10.8 Å². The molecule has 1 atom stereocenters. The molecule has 0 aliphatic carbocycles. The molecular formula is C17H18ClFN4O2. The highest BCUT2D eigenvalue weighted by atomic mass is 35.5. The van der Waals surface area contributed by atoms with Crippen LogP contribution in [0.15, 0.2) is 29.2 Å². The first-order chi connectivity index (χ1) is 11.9. The lowest BCUT2D eigenvalue weighted by Crippen LogP contribution is -2.28. The van der Waals surface area contributed by atoms with Crippen molar-refractivity contribution in [2.45, 2.75) is 25.9 Å². The average molecular weight is 365 g/mol. The van der Waals surface area contributed by atoms with Crippen molar-refractivity contribution in [2.75, 3.05) is 11.9 Å². The Labute approximate surface area is 149 Å². The zero-order chi connectivity index (χ0) is 18.1. The number of hydrogen-bond donors (Lipinski definition) is 1. The Morgan fingerprint density at radius 2 is 2.20 bits per heavy atom. The first-order valence-corrected chi connectivity index (χ1v) is 8.27. The van der Waals surface area contributed by atoms with Gasteiger partial charge in [0.25, 0.3) is 5.56 Å². The molecular weight excluding hydrogens is 347 g/mol. The average Bonchev–Trinajstić information content (AvgIpc) is 2.74. The molecule has 0 saturated heterocycles. The van der Waals surface area contributed by atoms with Crippen LogP contribution in [0, 0.1) is 5.82 Å². The lowest BCUT2D eigenvalue weighted by molar-refractivity contribution is -0.129. The second kappa shape index (κ2) is 6.84. The standard InChI is InChI=1S/C17H18ClFN4O2/c1-10(24)23-6-5-14(13-4-3-12(19)7-11(13)9-23)21-15-8-20-22(2)17(25)16(15)18/h3-4,7-8,14,21H,5-6,9H2,1-2H3. The molecule has 1 unspecified atom stereocenters. The third-order valence-electron chi connectivity index (χ3n) is 4.38. The number of benzene rings is 1. The van der Waals surface area contributed by atoms with Gasteiger partial charge in [-0.3, -0.25) is 9.59 Å². The van der Waals surface area contributed by atoms with Gasteiger partial charge in [-0.15, -0.1) is 0 Å². The largest absolute Gasteiger partial charge is 0.375 e. The molecule has 1 aromatic heterocycles. The number of halogens is 2. The summed E-state index contributed by atoms with van der Waals surface area (Å²) in [6.45, 7) is 2.36. The Morgan fingerprint density at radius 3 is 2.92 bits per heavy atom. The maximum absolute atomic E-state index is 13.7. The van der Waals surface area contributed by atoms with Crippen molar-refractivity contribution in [1.82, 2.24) is 14.7 Å². The fourth-order valence-electron chi connectivity index (χ4n) is 2.99. The lowest BCUT2D eigenvalue weighted by atomic mass is 9.99. The number of hydrogen-bond acceptors (Lipinski definition) is 4. The molecule has 1 aromatic carbocycles. The summed E-state index contributed by atoms with van der Waals surface area (Å²) in [6, 6.07) is 4.32. The van der Waals surface area contributed by atoms with Crippen LogP contribution in [0.1, 0.15) is 30.5 Å². The number of anilines is 1. The van der Waals surface area contributed by atoms with Crippen molar-refractivity contribution in [3.63, 3.8) is 0 Å². The van der Waals surface area contributed by atoms with Crippen molar-refractivity contribution >= 4 is 23.2 Å². The van der Waals surface area contributed by atoms with E-state index in [0.29, 0.717) is 25.2 Å². The van der Waals surface area contributed by atoms with Gasteiger partial charge in [0.2, 0.25) is 5.91 Å². The predicted molar refractivity (Wildman–Crippen MR) is 93.0 cm³/mol. The van der Waals surface area contributed by atoms with Crippen LogP contribution in [0.3, 0.4) is 0 Å². The summed E-state index contributed by atoms with van der Waals surface area (Å²) in [5.41, 5.74) is 1.63. The van der Waals surface area contributed by atoms with Crippen molar-refractivity contribution in [3.8, 4) is 0 Å². The Hall–Kier alpha value is -2.41. The number of amides is 1. The number of aromatic nitrogens is 2. The molecule has 6 nitrogen and oxygen atoms in total. The minimum atomic E-state index is -0.398. The summed E-state index contributed by atoms with van der Waals surface area (Å²) in [4.78, 5) is 25.4. The molecule has 0 saturated carbocycles. The zero-order valence-corrected chi connectivity index (χ0v) is 14.7. The molecule has 132 valence electrons. The molecule has 1 aliphatic heterocycles. The van der Waals surface area contributed by atoms with Crippen molar-refractivity contribution in [3.05, 3.63) is 56.7 Å². The van der Waals surface area contributed by atoms with Gasteiger partial charge in [0.05, 0.1) is 17.9 Å². The highest BCUT2D eigenvalue weighted by molar-refractivity contribution is 6.32. The van der Waals surface area contributed by atoms with Crippen LogP contribution in [0.2, 0.25) is 5.02 Å². The SMILES string of the molecule is CC(=O)N1CCC(Nc2cnn(C)c(=O)c2Cl)c2ccc(F)cc2C1. The number of nitrogens with zero attached hydrogens (tertiary/aromatic N) is 3. The van der Waals surface area contributed by atoms with Crippen LogP contribution in [0.25, 0.3) is 0 Å². The van der Waals surface area contributed by atoms with Gasteiger partial charge in [0, 0.05) is 27.1 Å². The molecule has 2 aromatic rings. The summed E-state index contributed by atoms with van der Waals surface area (Å²) in [5.74, 6) is -0.416. The Kier molecular flexibility index (Phi) is 4.76. The molecule has 0 radical (unpaired) electrons. The molecule has 0 fully saturated rings. The molecule has 0 spiro atoms. The predicted octanol–water partition coefficient (Wildman–Crippen LogP) is 2.48. The molecule has 0 bridgehead atoms. The summed E-state index contributed by atoms with van der Waals surface area (Å²) in [5, 5.41) is 7.25. The van der Waals surface area contributed by atoms with E-state index in [1.165, 1.54) is 32.3 Å². The van der Waals surface area contributed by atoms with E-state index >= 15 is 0 Å². The number of carbonyl (C=O) groups excluding carboxylic acids is 1. The smallest absolute Gasteiger partial charge is 0.287 e. The van der Waals surface area contributed by atoms with E-state index in [0.717, 1.165) is 15.8 Å². The minimum absolute atomic E-state index is 0.0498. The lowest BCUT2D eigenvalue weighted by Gasteiger charge is -2.21. The van der Waals surface area contributed by atoms with Gasteiger partial charge in [-0.25, -0.2) is 9.07 Å². The number of nitrogens with one attached hydrogen (secondary N) is 1. The van der Waals surface area contributed by atoms with E-state index in [4.69, 9.17) is 11.6 Å². The second-order valence-corrected chi connectivity index (χ2v) is 6.45. The number of aryl methyl sites for hydroxylation is 1. The molecule has 1 amide bonds. The Balaban J connectivity index is 1.98. The normalized spacial score (nSPS) is 17.0. The van der Waals surface area contributed by atoms with Gasteiger partial charge in [0.15, 0.2) is 0 Å². The van der Waals surface area contributed by atoms with Crippen LogP contribution >= 0.6 is 11.6 Å². The topological polar surface area (TPSA) is 67.2 Å². The van der Waals surface area contributed by atoms with Crippen LogP contribution in [-0.4, -0.2) is 27.1 Å². The van der Waals surface area contributed by atoms with Gasteiger partial charge in [-0.2, -0.15) is 5.10 Å². The summed E-state index contributed by atoms with van der Waals surface area (Å²) in [7, 11) is 1.52. The van der Waals surface area contributed by atoms with Gasteiger partial charge < -0.3 is 10.2 Å². The first-order valence-electron chi connectivity index (χ1n) is 7.89. The number of fused-ring (bicyclic) bond motifs is 1. The highest BCUT2D eigenvalue weighted by Crippen LogP contribution is 2.31. The molecule has 2 heterocycles. The maximum atomic E-state index is 13.7.